The lowest BCUT2D eigenvalue weighted by Gasteiger charge is -2.36. The largest absolute Gasteiger partial charge is 0.475 e. The van der Waals surface area contributed by atoms with Crippen molar-refractivity contribution in [2.75, 3.05) is 41.4 Å². The molecule has 3 aromatic heterocycles. The summed E-state index contributed by atoms with van der Waals surface area (Å²) in [4.78, 5) is 29.8. The molecule has 2 amide bonds. The lowest BCUT2D eigenvalue weighted by molar-refractivity contribution is -0.141. The Bertz CT molecular complexity index is 1490. The monoisotopic (exact) mass is 590 g/mol. The Labute approximate surface area is 238 Å². The van der Waals surface area contributed by atoms with Crippen molar-refractivity contribution in [3.05, 3.63) is 53.3 Å². The highest BCUT2D eigenvalue weighted by Gasteiger charge is 2.41. The van der Waals surface area contributed by atoms with E-state index in [1.165, 1.54) is 23.2 Å². The van der Waals surface area contributed by atoms with Crippen molar-refractivity contribution < 1.29 is 32.2 Å². The maximum Gasteiger partial charge on any atom is 0.433 e. The van der Waals surface area contributed by atoms with Gasteiger partial charge in [-0.25, -0.2) is 19.7 Å². The third-order valence-corrected chi connectivity index (χ3v) is 7.29. The minimum absolute atomic E-state index is 0.0446. The number of ether oxygens (including phenoxy) is 3. The number of pyridine rings is 3. The Morgan fingerprint density at radius 3 is 2.83 bits per heavy atom. The molecule has 2 fully saturated rings. The Morgan fingerprint density at radius 2 is 2.07 bits per heavy atom. The van der Waals surface area contributed by atoms with Crippen molar-refractivity contribution in [2.45, 2.75) is 44.4 Å². The Balaban J connectivity index is 1.25. The summed E-state index contributed by atoms with van der Waals surface area (Å²) in [5, 5.41) is 3.01. The van der Waals surface area contributed by atoms with Gasteiger partial charge in [0.05, 0.1) is 29.1 Å². The summed E-state index contributed by atoms with van der Waals surface area (Å²) >= 11 is 6.50. The van der Waals surface area contributed by atoms with E-state index in [1.54, 1.807) is 18.2 Å². The van der Waals surface area contributed by atoms with Gasteiger partial charge in [0.1, 0.15) is 24.1 Å². The summed E-state index contributed by atoms with van der Waals surface area (Å²) in [6.07, 6.45) is -2.69. The molecule has 0 aliphatic carbocycles. The molecule has 10 nitrogen and oxygen atoms in total. The number of carbonyl (C=O) groups excluding carboxylic acids is 1. The van der Waals surface area contributed by atoms with Crippen molar-refractivity contribution in [1.82, 2.24) is 15.0 Å². The van der Waals surface area contributed by atoms with E-state index in [4.69, 9.17) is 25.8 Å². The maximum absolute atomic E-state index is 13.6. The highest BCUT2D eigenvalue weighted by Crippen LogP contribution is 2.43. The van der Waals surface area contributed by atoms with Crippen LogP contribution in [0.4, 0.5) is 35.2 Å². The van der Waals surface area contributed by atoms with Crippen LogP contribution >= 0.6 is 11.6 Å². The molecule has 0 aromatic carbocycles. The van der Waals surface area contributed by atoms with Gasteiger partial charge in [-0.3, -0.25) is 4.90 Å². The van der Waals surface area contributed by atoms with Crippen LogP contribution in [0.3, 0.4) is 0 Å². The number of aromatic nitrogens is 3. The molecule has 2 bridgehead atoms. The van der Waals surface area contributed by atoms with E-state index in [9.17, 15) is 18.0 Å². The minimum atomic E-state index is -4.63. The third-order valence-electron chi connectivity index (χ3n) is 7.01. The number of carbonyl (C=O) groups is 1. The van der Waals surface area contributed by atoms with Crippen LogP contribution in [0.1, 0.15) is 26.0 Å². The second-order valence-electron chi connectivity index (χ2n) is 10.4. The van der Waals surface area contributed by atoms with Crippen molar-refractivity contribution in [3.8, 4) is 17.3 Å². The van der Waals surface area contributed by atoms with Gasteiger partial charge in [-0.2, -0.15) is 13.2 Å². The molecule has 2 atom stereocenters. The minimum Gasteiger partial charge on any atom is -0.475 e. The van der Waals surface area contributed by atoms with Gasteiger partial charge in [-0.05, 0) is 44.5 Å². The van der Waals surface area contributed by atoms with Crippen LogP contribution in [0.5, 0.6) is 5.88 Å². The number of nitrogens with one attached hydrogen (secondary N) is 1. The molecule has 41 heavy (non-hydrogen) atoms. The van der Waals surface area contributed by atoms with Crippen LogP contribution < -0.4 is 19.9 Å². The van der Waals surface area contributed by atoms with Gasteiger partial charge in [0.2, 0.25) is 5.88 Å². The summed E-state index contributed by atoms with van der Waals surface area (Å²) in [6.45, 7) is 5.52. The lowest BCUT2D eigenvalue weighted by Crippen LogP contribution is -2.48. The average molecular weight is 591 g/mol. The molecule has 0 unspecified atom stereocenters. The standard InChI is InChI=1S/C27H26ClF3N6O4/c1-26(2)40-14-17(41-26)13-39-22-10-15(6-8-32-22)33-25(38)37-16-7-9-36(12-16)20-11-18(28)23(35-24(20)37)19-4-3-5-21(34-19)27(29,30)31/h3-6,8,10-11,16-17H,7,9,12-14H2,1-2H3,(H,32,33,38)/t16-,17+/m0/s1. The highest BCUT2D eigenvalue weighted by atomic mass is 35.5. The molecule has 1 N–H and O–H groups in total. The van der Waals surface area contributed by atoms with E-state index in [0.29, 0.717) is 49.2 Å². The van der Waals surface area contributed by atoms with Crippen molar-refractivity contribution in [1.29, 1.82) is 0 Å². The Morgan fingerprint density at radius 1 is 1.24 bits per heavy atom. The van der Waals surface area contributed by atoms with Crippen molar-refractivity contribution in [2.24, 2.45) is 0 Å². The Hall–Kier alpha value is -3.68. The fourth-order valence-corrected chi connectivity index (χ4v) is 5.41. The molecular formula is C27H26ClF3N6O4. The van der Waals surface area contributed by atoms with Gasteiger partial charge in [-0.1, -0.05) is 17.7 Å². The molecule has 0 saturated carbocycles. The van der Waals surface area contributed by atoms with Crippen LogP contribution in [0.15, 0.2) is 42.6 Å². The second kappa shape index (κ2) is 10.3. The molecule has 0 radical (unpaired) electrons. The van der Waals surface area contributed by atoms with Gasteiger partial charge in [0, 0.05) is 31.0 Å². The molecular weight excluding hydrogens is 565 g/mol. The zero-order valence-electron chi connectivity index (χ0n) is 22.1. The van der Waals surface area contributed by atoms with Gasteiger partial charge in [0.25, 0.3) is 0 Å². The van der Waals surface area contributed by atoms with E-state index >= 15 is 0 Å². The molecule has 0 spiro atoms. The number of hydrogen-bond acceptors (Lipinski definition) is 8. The predicted molar refractivity (Wildman–Crippen MR) is 144 cm³/mol. The topological polar surface area (TPSA) is 102 Å². The first-order valence-electron chi connectivity index (χ1n) is 13.0. The number of rotatable bonds is 5. The number of fused-ring (bicyclic) bond motifs is 4. The first kappa shape index (κ1) is 27.5. The van der Waals surface area contributed by atoms with Crippen LogP contribution in [-0.2, 0) is 15.7 Å². The molecule has 6 rings (SSSR count). The van der Waals surface area contributed by atoms with E-state index in [1.807, 2.05) is 13.8 Å². The van der Waals surface area contributed by atoms with Gasteiger partial charge in [-0.15, -0.1) is 0 Å². The van der Waals surface area contributed by atoms with Crippen LogP contribution in [0.25, 0.3) is 11.4 Å². The number of halogens is 4. The summed E-state index contributed by atoms with van der Waals surface area (Å²) in [7, 11) is 0. The lowest BCUT2D eigenvalue weighted by atomic mass is 10.1. The van der Waals surface area contributed by atoms with Crippen molar-refractivity contribution >= 4 is 34.8 Å². The normalized spacial score (nSPS) is 21.1. The first-order valence-corrected chi connectivity index (χ1v) is 13.4. The van der Waals surface area contributed by atoms with Gasteiger partial charge < -0.3 is 24.4 Å². The first-order chi connectivity index (χ1) is 19.5. The molecule has 6 heterocycles. The van der Waals surface area contributed by atoms with Gasteiger partial charge in [0.15, 0.2) is 11.6 Å². The number of hydrogen-bond donors (Lipinski definition) is 1. The maximum atomic E-state index is 13.6. The molecule has 3 aliphatic heterocycles. The molecule has 216 valence electrons. The highest BCUT2D eigenvalue weighted by molar-refractivity contribution is 6.33. The fourth-order valence-electron chi connectivity index (χ4n) is 5.16. The van der Waals surface area contributed by atoms with Gasteiger partial charge >= 0.3 is 12.2 Å². The van der Waals surface area contributed by atoms with Crippen molar-refractivity contribution in [3.63, 3.8) is 0 Å². The van der Waals surface area contributed by atoms with E-state index < -0.39 is 23.7 Å². The van der Waals surface area contributed by atoms with Crippen LogP contribution in [-0.4, -0.2) is 65.2 Å². The SMILES string of the molecule is CC1(C)OC[C@@H](COc2cc(NC(=O)N3c4nc(-c5cccc(C(F)(F)F)n5)c(Cl)cc4N4CC[C@H]3C4)ccn2)O1. The average Bonchev–Trinajstić information content (AvgIpc) is 3.50. The summed E-state index contributed by atoms with van der Waals surface area (Å²) < 4.78 is 57.0. The number of urea groups is 1. The quantitative estimate of drug-likeness (QED) is 0.423. The molecule has 2 saturated heterocycles. The number of amides is 2. The predicted octanol–water partition coefficient (Wildman–Crippen LogP) is 5.37. The fraction of sp³-hybridized carbons (Fsp3) is 0.407. The summed E-state index contributed by atoms with van der Waals surface area (Å²) in [6, 6.07) is 7.72. The summed E-state index contributed by atoms with van der Waals surface area (Å²) in [5.41, 5.74) is 0.0136. The number of alkyl halides is 3. The second-order valence-corrected chi connectivity index (χ2v) is 10.8. The van der Waals surface area contributed by atoms with E-state index in [-0.39, 0.29) is 35.2 Å². The Kier molecular flexibility index (Phi) is 6.91. The van der Waals surface area contributed by atoms with Crippen LogP contribution in [0, 0.1) is 0 Å². The third kappa shape index (κ3) is 5.61. The molecule has 14 heteroatoms. The number of nitrogens with zero attached hydrogens (tertiary/aromatic N) is 5. The zero-order chi connectivity index (χ0) is 28.9. The van der Waals surface area contributed by atoms with E-state index in [0.717, 1.165) is 6.07 Å². The zero-order valence-corrected chi connectivity index (χ0v) is 22.9. The molecule has 3 aliphatic rings. The smallest absolute Gasteiger partial charge is 0.433 e. The number of anilines is 3. The van der Waals surface area contributed by atoms with E-state index in [2.05, 4.69) is 25.2 Å². The molecule has 3 aromatic rings. The van der Waals surface area contributed by atoms with Crippen LogP contribution in [0.2, 0.25) is 5.02 Å². The summed E-state index contributed by atoms with van der Waals surface area (Å²) in [5.74, 6) is -0.0842.